The molecule has 0 unspecified atom stereocenters. The molecule has 20 heavy (non-hydrogen) atoms. The number of imidazole rings is 1. The quantitative estimate of drug-likeness (QED) is 0.524. The number of nitrogens with zero attached hydrogens (tertiary/aromatic N) is 2. The van der Waals surface area contributed by atoms with E-state index in [1.807, 2.05) is 28.7 Å². The number of alkyl halides is 1. The van der Waals surface area contributed by atoms with Crippen LogP contribution in [0.1, 0.15) is 37.5 Å². The van der Waals surface area contributed by atoms with Gasteiger partial charge in [-0.25, -0.2) is 9.37 Å². The molecule has 2 aliphatic rings. The molecule has 2 aliphatic carbocycles. The van der Waals surface area contributed by atoms with E-state index < -0.39 is 0 Å². The van der Waals surface area contributed by atoms with Gasteiger partial charge in [0.2, 0.25) is 0 Å². The molecule has 4 rings (SSSR count). The Balaban J connectivity index is 1.93. The van der Waals surface area contributed by atoms with Crippen molar-refractivity contribution in [3.63, 3.8) is 0 Å². The first-order chi connectivity index (χ1) is 9.69. The van der Waals surface area contributed by atoms with Gasteiger partial charge in [0, 0.05) is 12.1 Å². The van der Waals surface area contributed by atoms with Crippen LogP contribution in [0.25, 0.3) is 11.0 Å². The predicted octanol–water partition coefficient (Wildman–Crippen LogP) is 4.88. The average Bonchev–Trinajstić information content (AvgIpc) is 3.31. The van der Waals surface area contributed by atoms with Gasteiger partial charge in [-0.15, -0.1) is 11.6 Å². The minimum atomic E-state index is -0.161. The van der Waals surface area contributed by atoms with E-state index in [0.717, 1.165) is 28.7 Å². The lowest BCUT2D eigenvalue weighted by atomic mass is 10.1. The van der Waals surface area contributed by atoms with Gasteiger partial charge in [-0.2, -0.15) is 0 Å². The largest absolute Gasteiger partial charge is 0.323 e. The number of halogens is 3. The highest BCUT2D eigenvalue weighted by Crippen LogP contribution is 2.53. The minimum Gasteiger partial charge on any atom is -0.323 e. The maximum absolute atomic E-state index is 14.0. The second-order valence-corrected chi connectivity index (χ2v) is 7.38. The highest BCUT2D eigenvalue weighted by Gasteiger charge is 2.43. The fourth-order valence-corrected chi connectivity index (χ4v) is 3.89. The number of rotatable bonds is 4. The number of hydrogen-bond donors (Lipinski definition) is 0. The number of fused-ring (bicyclic) bond motifs is 1. The molecular formula is C15H15ClFIN2. The van der Waals surface area contributed by atoms with Gasteiger partial charge in [0.05, 0.1) is 20.5 Å². The lowest BCUT2D eigenvalue weighted by Gasteiger charge is -2.21. The summed E-state index contributed by atoms with van der Waals surface area (Å²) < 4.78 is 16.8. The summed E-state index contributed by atoms with van der Waals surface area (Å²) >= 11 is 8.12. The molecule has 1 aromatic heterocycles. The number of hydrogen-bond acceptors (Lipinski definition) is 1. The summed E-state index contributed by atoms with van der Waals surface area (Å²) in [6, 6.07) is 3.94. The molecule has 2 saturated carbocycles. The molecule has 0 atom stereocenters. The molecule has 1 aromatic carbocycles. The predicted molar refractivity (Wildman–Crippen MR) is 86.5 cm³/mol. The molecule has 0 spiro atoms. The van der Waals surface area contributed by atoms with Crippen LogP contribution in [0, 0.1) is 21.2 Å². The topological polar surface area (TPSA) is 17.8 Å². The Morgan fingerprint density at radius 2 is 1.95 bits per heavy atom. The molecule has 106 valence electrons. The summed E-state index contributed by atoms with van der Waals surface area (Å²) in [7, 11) is 0. The molecule has 0 saturated heterocycles. The molecule has 0 N–H and O–H groups in total. The van der Waals surface area contributed by atoms with Crippen LogP contribution in [0.4, 0.5) is 4.39 Å². The zero-order chi connectivity index (χ0) is 13.9. The summed E-state index contributed by atoms with van der Waals surface area (Å²) in [5.74, 6) is 2.61. The Labute approximate surface area is 135 Å². The van der Waals surface area contributed by atoms with Crippen LogP contribution < -0.4 is 0 Å². The smallest absolute Gasteiger partial charge is 0.138 e. The van der Waals surface area contributed by atoms with Crippen molar-refractivity contribution >= 4 is 45.2 Å². The highest BCUT2D eigenvalue weighted by molar-refractivity contribution is 14.1. The second kappa shape index (κ2) is 4.83. The van der Waals surface area contributed by atoms with E-state index in [0.29, 0.717) is 15.5 Å². The number of aromatic nitrogens is 2. The Morgan fingerprint density at radius 1 is 1.30 bits per heavy atom. The molecular weight excluding hydrogens is 390 g/mol. The Kier molecular flexibility index (Phi) is 3.22. The monoisotopic (exact) mass is 404 g/mol. The third-order valence-corrected chi connectivity index (χ3v) is 5.50. The zero-order valence-corrected chi connectivity index (χ0v) is 13.9. The van der Waals surface area contributed by atoms with E-state index in [1.165, 1.54) is 25.7 Å². The van der Waals surface area contributed by atoms with E-state index in [-0.39, 0.29) is 5.82 Å². The lowest BCUT2D eigenvalue weighted by Crippen LogP contribution is -2.16. The Bertz CT molecular complexity index is 664. The first kappa shape index (κ1) is 13.3. The summed E-state index contributed by atoms with van der Waals surface area (Å²) in [6.07, 6.45) is 5.15. The molecule has 0 radical (unpaired) electrons. The van der Waals surface area contributed by atoms with Crippen molar-refractivity contribution in [2.24, 2.45) is 11.8 Å². The maximum Gasteiger partial charge on any atom is 0.138 e. The fourth-order valence-electron chi connectivity index (χ4n) is 3.25. The van der Waals surface area contributed by atoms with Crippen molar-refractivity contribution in [1.29, 1.82) is 0 Å². The van der Waals surface area contributed by atoms with Gasteiger partial charge in [0.15, 0.2) is 0 Å². The molecule has 0 bridgehead atoms. The van der Waals surface area contributed by atoms with E-state index >= 15 is 0 Å². The van der Waals surface area contributed by atoms with Crippen LogP contribution in [0.2, 0.25) is 0 Å². The summed E-state index contributed by atoms with van der Waals surface area (Å²) in [4.78, 5) is 4.63. The second-order valence-electron chi connectivity index (χ2n) is 5.95. The lowest BCUT2D eigenvalue weighted by molar-refractivity contribution is 0.395. The molecule has 1 heterocycles. The van der Waals surface area contributed by atoms with Gasteiger partial charge in [-0.05, 0) is 66.2 Å². The van der Waals surface area contributed by atoms with Gasteiger partial charge < -0.3 is 4.57 Å². The van der Waals surface area contributed by atoms with E-state index in [4.69, 9.17) is 11.6 Å². The van der Waals surface area contributed by atoms with Gasteiger partial charge >= 0.3 is 0 Å². The summed E-state index contributed by atoms with van der Waals surface area (Å²) in [6.45, 7) is 0. The molecule has 2 fully saturated rings. The van der Waals surface area contributed by atoms with Gasteiger partial charge in [0.25, 0.3) is 0 Å². The van der Waals surface area contributed by atoms with Crippen LogP contribution >= 0.6 is 34.2 Å². The zero-order valence-electron chi connectivity index (χ0n) is 11.0. The van der Waals surface area contributed by atoms with E-state index in [9.17, 15) is 4.39 Å². The first-order valence-corrected chi connectivity index (χ1v) is 8.72. The SMILES string of the molecule is Fc1cc2c(cc1I)nc(CCl)n2C(C1CC1)C1CC1. The average molecular weight is 405 g/mol. The minimum absolute atomic E-state index is 0.161. The summed E-state index contributed by atoms with van der Waals surface area (Å²) in [5.41, 5.74) is 1.79. The van der Waals surface area contributed by atoms with Crippen molar-refractivity contribution in [1.82, 2.24) is 9.55 Å². The van der Waals surface area contributed by atoms with Crippen molar-refractivity contribution in [2.45, 2.75) is 37.6 Å². The molecule has 0 aliphatic heterocycles. The van der Waals surface area contributed by atoms with Crippen LogP contribution in [0.3, 0.4) is 0 Å². The van der Waals surface area contributed by atoms with Crippen LogP contribution in [0.5, 0.6) is 0 Å². The summed E-state index contributed by atoms with van der Waals surface area (Å²) in [5, 5.41) is 0. The van der Waals surface area contributed by atoms with Crippen molar-refractivity contribution < 1.29 is 4.39 Å². The van der Waals surface area contributed by atoms with Crippen molar-refractivity contribution in [3.05, 3.63) is 27.3 Å². The van der Waals surface area contributed by atoms with Crippen molar-refractivity contribution in [2.75, 3.05) is 0 Å². The molecule has 2 aromatic rings. The standard InChI is InChI=1S/C15H15ClFIN2/c16-7-14-19-12-6-11(18)10(17)5-13(12)20(14)15(8-1-2-8)9-3-4-9/h5-6,8-9,15H,1-4,7H2. The third kappa shape index (κ3) is 2.15. The van der Waals surface area contributed by atoms with Crippen LogP contribution in [-0.2, 0) is 5.88 Å². The fraction of sp³-hybridized carbons (Fsp3) is 0.533. The van der Waals surface area contributed by atoms with E-state index in [1.54, 1.807) is 6.07 Å². The van der Waals surface area contributed by atoms with Crippen molar-refractivity contribution in [3.8, 4) is 0 Å². The normalized spacial score (nSPS) is 19.2. The third-order valence-electron chi connectivity index (χ3n) is 4.43. The molecule has 0 amide bonds. The van der Waals surface area contributed by atoms with Gasteiger partial charge in [-0.3, -0.25) is 0 Å². The highest BCUT2D eigenvalue weighted by atomic mass is 127. The van der Waals surface area contributed by atoms with Crippen LogP contribution in [0.15, 0.2) is 12.1 Å². The van der Waals surface area contributed by atoms with Crippen LogP contribution in [-0.4, -0.2) is 9.55 Å². The Morgan fingerprint density at radius 3 is 2.50 bits per heavy atom. The maximum atomic E-state index is 14.0. The Hall–Kier alpha value is -0.360. The number of benzene rings is 1. The molecule has 2 nitrogen and oxygen atoms in total. The van der Waals surface area contributed by atoms with Gasteiger partial charge in [-0.1, -0.05) is 0 Å². The van der Waals surface area contributed by atoms with E-state index in [2.05, 4.69) is 9.55 Å². The molecule has 5 heteroatoms. The van der Waals surface area contributed by atoms with Gasteiger partial charge in [0.1, 0.15) is 11.6 Å². The first-order valence-electron chi connectivity index (χ1n) is 7.11.